The van der Waals surface area contributed by atoms with Crippen molar-refractivity contribution in [1.82, 2.24) is 14.7 Å². The first kappa shape index (κ1) is 26.4. The Labute approximate surface area is 214 Å². The minimum atomic E-state index is -0.605. The van der Waals surface area contributed by atoms with E-state index in [1.807, 2.05) is 63.4 Å². The van der Waals surface area contributed by atoms with Gasteiger partial charge in [-0.05, 0) is 45.7 Å². The van der Waals surface area contributed by atoms with Crippen molar-refractivity contribution in [3.63, 3.8) is 0 Å². The van der Waals surface area contributed by atoms with Crippen LogP contribution in [0.25, 0.3) is 11.3 Å². The third kappa shape index (κ3) is 7.17. The quantitative estimate of drug-likeness (QED) is 0.385. The van der Waals surface area contributed by atoms with Gasteiger partial charge in [0.25, 0.3) is 0 Å². The molecule has 7 nitrogen and oxygen atoms in total. The molecule has 4 rings (SSSR count). The number of aryl methyl sites for hydroxylation is 2. The van der Waals surface area contributed by atoms with Crippen molar-refractivity contribution in [3.8, 4) is 22.9 Å². The fourth-order valence-corrected chi connectivity index (χ4v) is 4.53. The maximum absolute atomic E-state index is 10.8. The molecule has 0 saturated carbocycles. The van der Waals surface area contributed by atoms with Gasteiger partial charge in [0.05, 0.1) is 30.5 Å². The molecule has 2 atom stereocenters. The van der Waals surface area contributed by atoms with Gasteiger partial charge in [-0.1, -0.05) is 48.0 Å². The molecule has 0 radical (unpaired) electrons. The minimum Gasteiger partial charge on any atom is -0.439 e. The van der Waals surface area contributed by atoms with Gasteiger partial charge in [-0.2, -0.15) is 5.10 Å². The van der Waals surface area contributed by atoms with Crippen molar-refractivity contribution in [2.24, 2.45) is 7.05 Å². The largest absolute Gasteiger partial charge is 0.439 e. The van der Waals surface area contributed by atoms with Crippen LogP contribution in [0.2, 0.25) is 0 Å². The molecule has 0 aliphatic carbocycles. The number of ether oxygens (including phenoxy) is 3. The first-order chi connectivity index (χ1) is 17.4. The lowest BCUT2D eigenvalue weighted by molar-refractivity contribution is -0.0172. The van der Waals surface area contributed by atoms with E-state index in [1.165, 1.54) is 5.56 Å². The molecule has 0 bridgehead atoms. The molecule has 194 valence electrons. The highest BCUT2D eigenvalue weighted by atomic mass is 16.5. The zero-order chi connectivity index (χ0) is 25.5. The van der Waals surface area contributed by atoms with E-state index >= 15 is 0 Å². The van der Waals surface area contributed by atoms with Gasteiger partial charge in [0.2, 0.25) is 5.88 Å². The molecule has 7 heteroatoms. The Balaban J connectivity index is 1.65. The van der Waals surface area contributed by atoms with Gasteiger partial charge in [0.1, 0.15) is 11.4 Å². The Morgan fingerprint density at radius 2 is 1.89 bits per heavy atom. The van der Waals surface area contributed by atoms with E-state index in [4.69, 9.17) is 19.3 Å². The fraction of sp³-hybridized carbons (Fsp3) is 0.483. The summed E-state index contributed by atoms with van der Waals surface area (Å²) >= 11 is 0. The lowest BCUT2D eigenvalue weighted by Crippen LogP contribution is -2.39. The topological polar surface area (TPSA) is 69.0 Å². The van der Waals surface area contributed by atoms with Crippen molar-refractivity contribution in [2.75, 3.05) is 26.3 Å². The number of aromatic nitrogens is 2. The molecule has 1 aliphatic heterocycles. The van der Waals surface area contributed by atoms with Crippen molar-refractivity contribution in [1.29, 1.82) is 0 Å². The summed E-state index contributed by atoms with van der Waals surface area (Å²) in [6, 6.07) is 18.2. The lowest BCUT2D eigenvalue weighted by Gasteiger charge is -2.28. The number of hydrogen-bond donors (Lipinski definition) is 1. The Kier molecular flexibility index (Phi) is 9.15. The van der Waals surface area contributed by atoms with E-state index in [-0.39, 0.29) is 12.2 Å². The summed E-state index contributed by atoms with van der Waals surface area (Å²) in [4.78, 5) is 2.25. The SMILES string of the molecule is Cc1ccc(Oc2c(CN(C[C@H](O)COC(C)C)C[C@H]3CCCO3)c(-c3ccccc3)nn2C)cc1. The van der Waals surface area contributed by atoms with E-state index in [0.29, 0.717) is 25.6 Å². The zero-order valence-corrected chi connectivity index (χ0v) is 21.9. The van der Waals surface area contributed by atoms with Crippen molar-refractivity contribution < 1.29 is 19.3 Å². The van der Waals surface area contributed by atoms with E-state index in [2.05, 4.69) is 24.0 Å². The van der Waals surface area contributed by atoms with E-state index in [1.54, 1.807) is 4.68 Å². The molecular formula is C29H39N3O4. The highest BCUT2D eigenvalue weighted by molar-refractivity contribution is 5.65. The molecule has 1 fully saturated rings. The van der Waals surface area contributed by atoms with Gasteiger partial charge >= 0.3 is 0 Å². The summed E-state index contributed by atoms with van der Waals surface area (Å²) in [5.41, 5.74) is 4.07. The van der Waals surface area contributed by atoms with Crippen LogP contribution in [0.4, 0.5) is 0 Å². The molecule has 0 amide bonds. The number of rotatable bonds is 12. The number of nitrogens with zero attached hydrogens (tertiary/aromatic N) is 3. The van der Waals surface area contributed by atoms with Gasteiger partial charge < -0.3 is 19.3 Å². The summed E-state index contributed by atoms with van der Waals surface area (Å²) in [6.07, 6.45) is 1.72. The summed E-state index contributed by atoms with van der Waals surface area (Å²) in [5.74, 6) is 1.46. The molecule has 1 saturated heterocycles. The second-order valence-corrected chi connectivity index (χ2v) is 9.90. The smallest absolute Gasteiger partial charge is 0.222 e. The summed E-state index contributed by atoms with van der Waals surface area (Å²) in [7, 11) is 1.91. The number of benzene rings is 2. The van der Waals surface area contributed by atoms with Crippen molar-refractivity contribution >= 4 is 0 Å². The maximum Gasteiger partial charge on any atom is 0.222 e. The maximum atomic E-state index is 10.8. The Hall–Kier alpha value is -2.71. The van der Waals surface area contributed by atoms with Crippen LogP contribution in [0, 0.1) is 6.92 Å². The molecule has 0 unspecified atom stereocenters. The third-order valence-corrected chi connectivity index (χ3v) is 6.33. The molecule has 1 aliphatic rings. The molecule has 36 heavy (non-hydrogen) atoms. The van der Waals surface area contributed by atoms with E-state index in [0.717, 1.165) is 48.6 Å². The summed E-state index contributed by atoms with van der Waals surface area (Å²) in [5, 5.41) is 15.6. The highest BCUT2D eigenvalue weighted by Crippen LogP contribution is 2.34. The predicted octanol–water partition coefficient (Wildman–Crippen LogP) is 4.95. The monoisotopic (exact) mass is 493 g/mol. The van der Waals surface area contributed by atoms with Crippen LogP contribution >= 0.6 is 0 Å². The van der Waals surface area contributed by atoms with Crippen molar-refractivity contribution in [3.05, 3.63) is 65.7 Å². The molecule has 1 aromatic heterocycles. The molecular weight excluding hydrogens is 454 g/mol. The van der Waals surface area contributed by atoms with Crippen LogP contribution in [0.1, 0.15) is 37.8 Å². The molecule has 2 heterocycles. The molecule has 1 N–H and O–H groups in total. The Bertz CT molecular complexity index is 1080. The standard InChI is InChI=1S/C29H39N3O4/c1-21(2)35-20-24(33)17-32(18-26-11-8-16-34-26)19-27-28(23-9-6-5-7-10-23)30-31(4)29(27)36-25-14-12-22(3)13-15-25/h5-7,9-10,12-15,21,24,26,33H,8,11,16-20H2,1-4H3/t24-,26+/m0/s1. The highest BCUT2D eigenvalue weighted by Gasteiger charge is 2.26. The number of aliphatic hydroxyl groups is 1. The van der Waals surface area contributed by atoms with E-state index < -0.39 is 6.10 Å². The lowest BCUT2D eigenvalue weighted by atomic mass is 10.1. The first-order valence-electron chi connectivity index (χ1n) is 12.9. The van der Waals surface area contributed by atoms with Crippen LogP contribution in [-0.2, 0) is 23.1 Å². The second-order valence-electron chi connectivity index (χ2n) is 9.90. The van der Waals surface area contributed by atoms with Crippen LogP contribution in [0.5, 0.6) is 11.6 Å². The molecule has 0 spiro atoms. The molecule has 3 aromatic rings. The predicted molar refractivity (Wildman–Crippen MR) is 141 cm³/mol. The van der Waals surface area contributed by atoms with Gasteiger partial charge in [-0.3, -0.25) is 4.90 Å². The van der Waals surface area contributed by atoms with Crippen LogP contribution < -0.4 is 4.74 Å². The van der Waals surface area contributed by atoms with Crippen LogP contribution in [-0.4, -0.2) is 64.4 Å². The second kappa shape index (κ2) is 12.5. The Morgan fingerprint density at radius 3 is 2.56 bits per heavy atom. The number of hydrogen-bond acceptors (Lipinski definition) is 6. The van der Waals surface area contributed by atoms with Gasteiger partial charge in [-0.15, -0.1) is 0 Å². The minimum absolute atomic E-state index is 0.0729. The zero-order valence-electron chi connectivity index (χ0n) is 21.9. The average molecular weight is 494 g/mol. The van der Waals surface area contributed by atoms with Gasteiger partial charge in [0.15, 0.2) is 0 Å². The normalized spacial score (nSPS) is 16.7. The van der Waals surface area contributed by atoms with Crippen LogP contribution in [0.15, 0.2) is 54.6 Å². The van der Waals surface area contributed by atoms with Gasteiger partial charge in [-0.25, -0.2) is 4.68 Å². The number of aliphatic hydroxyl groups excluding tert-OH is 1. The Morgan fingerprint density at radius 1 is 1.14 bits per heavy atom. The average Bonchev–Trinajstić information content (AvgIpc) is 3.48. The third-order valence-electron chi connectivity index (χ3n) is 6.33. The van der Waals surface area contributed by atoms with Crippen molar-refractivity contribution in [2.45, 2.75) is 58.5 Å². The van der Waals surface area contributed by atoms with Gasteiger partial charge in [0, 0.05) is 38.9 Å². The first-order valence-corrected chi connectivity index (χ1v) is 12.9. The fourth-order valence-electron chi connectivity index (χ4n) is 4.53. The summed E-state index contributed by atoms with van der Waals surface area (Å²) in [6.45, 7) is 8.88. The molecule has 2 aromatic carbocycles. The van der Waals surface area contributed by atoms with E-state index in [9.17, 15) is 5.11 Å². The summed E-state index contributed by atoms with van der Waals surface area (Å²) < 4.78 is 19.8. The van der Waals surface area contributed by atoms with Crippen LogP contribution in [0.3, 0.4) is 0 Å².